The maximum atomic E-state index is 14.0. The number of piperidine rings is 1. The molecule has 2 aromatic carbocycles. The van der Waals surface area contributed by atoms with Gasteiger partial charge in [-0.25, -0.2) is 19.6 Å². The Bertz CT molecular complexity index is 2340. The van der Waals surface area contributed by atoms with E-state index in [1.54, 1.807) is 0 Å². The minimum atomic E-state index is -0.709. The number of hydrogen-bond donors (Lipinski definition) is 5. The number of nitrogens with one attached hydrogen (secondary N) is 5. The third-order valence-corrected chi connectivity index (χ3v) is 13.7. The number of carbonyl (C=O) groups excluding carboxylic acids is 4. The van der Waals surface area contributed by atoms with Crippen molar-refractivity contribution in [3.8, 4) is 33.6 Å². The monoisotopic (exact) mass is 861 g/mol. The molecule has 15 nitrogen and oxygen atoms in total. The first-order chi connectivity index (χ1) is 30.1. The molecule has 336 valence electrons. The van der Waals surface area contributed by atoms with Crippen LogP contribution in [0.2, 0.25) is 0 Å². The van der Waals surface area contributed by atoms with Crippen LogP contribution >= 0.6 is 0 Å². The maximum absolute atomic E-state index is 14.0. The Hall–Kier alpha value is -5.70. The number of imidazole rings is 2. The van der Waals surface area contributed by atoms with Crippen LogP contribution in [0, 0.1) is 29.6 Å². The summed E-state index contributed by atoms with van der Waals surface area (Å²) in [6.07, 6.45) is 6.13. The highest BCUT2D eigenvalue weighted by Crippen LogP contribution is 2.52. The number of alkyl carbamates (subject to hydrolysis) is 2. The molecule has 5 N–H and O–H groups in total. The average molecular weight is 862 g/mol. The van der Waals surface area contributed by atoms with Gasteiger partial charge in [0.25, 0.3) is 0 Å². The molecule has 4 aromatic rings. The molecule has 9 atom stereocenters. The number of amides is 4. The summed E-state index contributed by atoms with van der Waals surface area (Å²) in [5.74, 6) is 2.07. The van der Waals surface area contributed by atoms with Crippen molar-refractivity contribution >= 4 is 24.0 Å². The highest BCUT2D eigenvalue weighted by atomic mass is 16.5. The van der Waals surface area contributed by atoms with Gasteiger partial charge in [-0.1, -0.05) is 84.9 Å². The Balaban J connectivity index is 1.05. The lowest BCUT2D eigenvalue weighted by Crippen LogP contribution is -2.51. The summed E-state index contributed by atoms with van der Waals surface area (Å²) in [6.45, 7) is 15.4. The Morgan fingerprint density at radius 2 is 1.06 bits per heavy atom. The number of aromatic nitrogens is 4. The fraction of sp³-hybridized carbons (Fsp3) is 0.542. The second-order valence-corrected chi connectivity index (χ2v) is 19.2. The molecule has 0 aliphatic carbocycles. The van der Waals surface area contributed by atoms with Crippen LogP contribution < -0.4 is 16.0 Å². The van der Waals surface area contributed by atoms with Crippen LogP contribution in [-0.2, 0) is 19.1 Å². The van der Waals surface area contributed by atoms with Crippen LogP contribution in [-0.4, -0.2) is 93.1 Å². The zero-order valence-corrected chi connectivity index (χ0v) is 38.0. The molecule has 4 aliphatic heterocycles. The van der Waals surface area contributed by atoms with Crippen molar-refractivity contribution in [2.75, 3.05) is 27.3 Å². The first-order valence-electron chi connectivity index (χ1n) is 22.6. The molecule has 4 aliphatic rings. The Morgan fingerprint density at radius 1 is 0.619 bits per heavy atom. The first kappa shape index (κ1) is 43.9. The number of likely N-dealkylation sites (tertiary alicyclic amines) is 2. The predicted octanol–water partition coefficient (Wildman–Crippen LogP) is 7.83. The van der Waals surface area contributed by atoms with Crippen LogP contribution in [0.25, 0.3) is 33.6 Å². The topological polar surface area (TPSA) is 187 Å². The van der Waals surface area contributed by atoms with Crippen molar-refractivity contribution in [1.82, 2.24) is 45.7 Å². The van der Waals surface area contributed by atoms with Gasteiger partial charge in [-0.15, -0.1) is 0 Å². The Morgan fingerprint density at radius 3 is 1.56 bits per heavy atom. The number of hydrogen-bond acceptors (Lipinski definition) is 9. The second-order valence-electron chi connectivity index (χ2n) is 19.2. The summed E-state index contributed by atoms with van der Waals surface area (Å²) >= 11 is 0. The molecule has 0 saturated carbocycles. The highest BCUT2D eigenvalue weighted by molar-refractivity contribution is 5.87. The zero-order chi connectivity index (χ0) is 44.9. The predicted molar refractivity (Wildman–Crippen MR) is 239 cm³/mol. The van der Waals surface area contributed by atoms with Gasteiger partial charge in [-0.05, 0) is 83.1 Å². The summed E-state index contributed by atoms with van der Waals surface area (Å²) in [5, 5.41) is 9.43. The largest absolute Gasteiger partial charge is 0.453 e. The molecule has 2 aromatic heterocycles. The van der Waals surface area contributed by atoms with Gasteiger partial charge < -0.3 is 45.2 Å². The molecule has 0 spiro atoms. The van der Waals surface area contributed by atoms with Crippen molar-refractivity contribution < 1.29 is 28.7 Å². The van der Waals surface area contributed by atoms with Crippen LogP contribution in [0.15, 0.2) is 48.8 Å². The number of H-pyrrole nitrogens is 2. The number of fused-ring (bicyclic) bond motifs is 5. The summed E-state index contributed by atoms with van der Waals surface area (Å²) in [4.78, 5) is 72.7. The third kappa shape index (κ3) is 8.55. The fourth-order valence-electron chi connectivity index (χ4n) is 10.5. The minimum absolute atomic E-state index is 0.119. The number of nitrogens with zero attached hydrogens (tertiary/aromatic N) is 4. The molecule has 6 heterocycles. The van der Waals surface area contributed by atoms with Gasteiger partial charge in [0.1, 0.15) is 23.7 Å². The SMILES string of the molecule is COC(=O)NC(C(=O)N1CC(C)CC1c1ncc(-c2ccc(-c3ccc(-c4cnc(C5CC(C)CN5C(=O)C(NC(=O)OC)C(C)C)[nH]4)c4c3C3CC(C)CC4N3)cc2)[nH]1)C(C)C. The van der Waals surface area contributed by atoms with E-state index in [1.165, 1.54) is 30.9 Å². The van der Waals surface area contributed by atoms with E-state index in [4.69, 9.17) is 19.4 Å². The number of ether oxygens (including phenoxy) is 2. The molecular weight excluding hydrogens is 799 g/mol. The summed E-state index contributed by atoms with van der Waals surface area (Å²) in [7, 11) is 2.60. The van der Waals surface area contributed by atoms with E-state index in [0.29, 0.717) is 19.0 Å². The standard InChI is InChI=1S/C48H63N9O6/c1-24(2)41(54-47(60)62-8)45(58)56-22-27(6)18-37(56)43-49-20-35(52-43)30-12-10-29(11-13-30)31-14-15-32(40-34-17-26(5)16-33(51-34)39(31)40)36-21-50-44(53-36)38-19-28(7)23-57(38)46(59)42(25(3)4)55-48(61)63-9/h10-15,20-21,24-28,33-34,37-38,41-42,51H,16-19,22-23H2,1-9H3,(H,49,52)(H,50,53)(H,54,60)(H,55,61). The van der Waals surface area contributed by atoms with E-state index in [2.05, 4.69) is 83.1 Å². The average Bonchev–Trinajstić information content (AvgIpc) is 4.12. The van der Waals surface area contributed by atoms with Gasteiger partial charge in [0, 0.05) is 30.7 Å². The van der Waals surface area contributed by atoms with Crippen molar-refractivity contribution in [2.45, 2.75) is 110 Å². The zero-order valence-electron chi connectivity index (χ0n) is 38.0. The lowest BCUT2D eigenvalue weighted by atomic mass is 9.88. The number of carbonyl (C=O) groups is 4. The molecule has 15 heteroatoms. The number of benzene rings is 2. The molecule has 3 fully saturated rings. The van der Waals surface area contributed by atoms with E-state index in [9.17, 15) is 19.2 Å². The number of aromatic amines is 2. The van der Waals surface area contributed by atoms with Crippen molar-refractivity contribution in [3.05, 3.63) is 71.6 Å². The quantitative estimate of drug-likeness (QED) is 0.100. The van der Waals surface area contributed by atoms with Crippen LogP contribution in [0.5, 0.6) is 0 Å². The van der Waals surface area contributed by atoms with Gasteiger partial charge in [-0.2, -0.15) is 0 Å². The molecule has 9 unspecified atom stereocenters. The lowest BCUT2D eigenvalue weighted by molar-refractivity contribution is -0.136. The van der Waals surface area contributed by atoms with Gasteiger partial charge >= 0.3 is 12.2 Å². The van der Waals surface area contributed by atoms with E-state index < -0.39 is 24.3 Å². The van der Waals surface area contributed by atoms with Crippen LogP contribution in [0.1, 0.15) is 121 Å². The number of rotatable bonds is 11. The Kier molecular flexibility index (Phi) is 12.4. The third-order valence-electron chi connectivity index (χ3n) is 13.7. The first-order valence-corrected chi connectivity index (χ1v) is 22.6. The second kappa shape index (κ2) is 17.8. The smallest absolute Gasteiger partial charge is 0.407 e. The highest BCUT2D eigenvalue weighted by Gasteiger charge is 2.43. The van der Waals surface area contributed by atoms with Gasteiger partial charge in [0.05, 0.1) is 50.1 Å². The van der Waals surface area contributed by atoms with Crippen molar-refractivity contribution in [3.63, 3.8) is 0 Å². The van der Waals surface area contributed by atoms with E-state index in [-0.39, 0.29) is 59.7 Å². The molecular formula is C48H63N9O6. The van der Waals surface area contributed by atoms with Gasteiger partial charge in [0.15, 0.2) is 0 Å². The lowest BCUT2D eigenvalue weighted by Gasteiger charge is -2.30. The molecule has 0 radical (unpaired) electrons. The van der Waals surface area contributed by atoms with Crippen molar-refractivity contribution in [1.29, 1.82) is 0 Å². The summed E-state index contributed by atoms with van der Waals surface area (Å²) < 4.78 is 9.66. The molecule has 63 heavy (non-hydrogen) atoms. The normalized spacial score (nSPS) is 25.0. The molecule has 2 bridgehead atoms. The number of methoxy groups -OCH3 is 2. The Labute approximate surface area is 369 Å². The van der Waals surface area contributed by atoms with Gasteiger partial charge in [-0.3, -0.25) is 9.59 Å². The molecule has 4 amide bonds. The minimum Gasteiger partial charge on any atom is -0.453 e. The molecule has 8 rings (SSSR count). The maximum Gasteiger partial charge on any atom is 0.407 e. The van der Waals surface area contributed by atoms with Crippen LogP contribution in [0.3, 0.4) is 0 Å². The van der Waals surface area contributed by atoms with Gasteiger partial charge in [0.2, 0.25) is 11.8 Å². The van der Waals surface area contributed by atoms with E-state index in [0.717, 1.165) is 65.4 Å². The van der Waals surface area contributed by atoms with E-state index >= 15 is 0 Å². The summed E-state index contributed by atoms with van der Waals surface area (Å²) in [5.41, 5.74) is 8.87. The fourth-order valence-corrected chi connectivity index (χ4v) is 10.5. The van der Waals surface area contributed by atoms with Crippen molar-refractivity contribution in [2.24, 2.45) is 29.6 Å². The van der Waals surface area contributed by atoms with Crippen LogP contribution in [0.4, 0.5) is 9.59 Å². The summed E-state index contributed by atoms with van der Waals surface area (Å²) in [6, 6.07) is 11.6. The van der Waals surface area contributed by atoms with E-state index in [1.807, 2.05) is 49.9 Å². The molecule has 3 saturated heterocycles.